The second-order valence-corrected chi connectivity index (χ2v) is 6.88. The van der Waals surface area contributed by atoms with Crippen LogP contribution < -0.4 is 14.8 Å². The van der Waals surface area contributed by atoms with Gasteiger partial charge < -0.3 is 14.8 Å². The minimum absolute atomic E-state index is 0.0794. The molecule has 24 heavy (non-hydrogen) atoms. The molecular formula is C18H20ClNO3S. The summed E-state index contributed by atoms with van der Waals surface area (Å²) in [4.78, 5) is 12.2. The highest BCUT2D eigenvalue weighted by Crippen LogP contribution is 2.31. The maximum atomic E-state index is 12.2. The quantitative estimate of drug-likeness (QED) is 0.766. The molecule has 0 aliphatic carbocycles. The molecule has 1 amide bonds. The van der Waals surface area contributed by atoms with Gasteiger partial charge in [-0.3, -0.25) is 4.79 Å². The number of halogens is 1. The van der Waals surface area contributed by atoms with Crippen molar-refractivity contribution in [3.05, 3.63) is 53.1 Å². The summed E-state index contributed by atoms with van der Waals surface area (Å²) < 4.78 is 10.4. The first-order chi connectivity index (χ1) is 11.5. The lowest BCUT2D eigenvalue weighted by atomic mass is 10.2. The van der Waals surface area contributed by atoms with E-state index in [0.717, 1.165) is 5.56 Å². The van der Waals surface area contributed by atoms with Crippen LogP contribution in [0.4, 0.5) is 5.69 Å². The normalized spacial score (nSPS) is 11.7. The number of anilines is 1. The first kappa shape index (κ1) is 18.5. The molecule has 0 bridgehead atoms. The molecule has 0 aromatic heterocycles. The van der Waals surface area contributed by atoms with Gasteiger partial charge in [0.1, 0.15) is 11.5 Å². The van der Waals surface area contributed by atoms with E-state index < -0.39 is 0 Å². The number of rotatable bonds is 7. The van der Waals surface area contributed by atoms with Gasteiger partial charge in [-0.1, -0.05) is 23.7 Å². The maximum absolute atomic E-state index is 12.2. The SMILES string of the molecule is COc1ccc(NC(=O)CSC(C)c2ccc(Cl)cc2)c(OC)c1. The standard InChI is InChI=1S/C18H20ClNO3S/c1-12(13-4-6-14(19)7-5-13)24-11-18(21)20-16-9-8-15(22-2)10-17(16)23-3/h4-10,12H,11H2,1-3H3,(H,20,21). The molecule has 2 aromatic carbocycles. The third kappa shape index (κ3) is 5.08. The smallest absolute Gasteiger partial charge is 0.234 e. The second-order valence-electron chi connectivity index (χ2n) is 5.12. The highest BCUT2D eigenvalue weighted by atomic mass is 35.5. The number of ether oxygens (including phenoxy) is 2. The van der Waals surface area contributed by atoms with E-state index in [0.29, 0.717) is 28.0 Å². The molecule has 1 unspecified atom stereocenters. The summed E-state index contributed by atoms with van der Waals surface area (Å²) in [5.74, 6) is 1.51. The molecule has 0 aliphatic heterocycles. The minimum Gasteiger partial charge on any atom is -0.497 e. The molecular weight excluding hydrogens is 346 g/mol. The number of amides is 1. The van der Waals surface area contributed by atoms with Crippen molar-refractivity contribution in [2.75, 3.05) is 25.3 Å². The van der Waals surface area contributed by atoms with E-state index in [1.54, 1.807) is 44.2 Å². The van der Waals surface area contributed by atoms with E-state index in [4.69, 9.17) is 21.1 Å². The highest BCUT2D eigenvalue weighted by Gasteiger charge is 2.12. The van der Waals surface area contributed by atoms with Crippen LogP contribution in [-0.4, -0.2) is 25.9 Å². The van der Waals surface area contributed by atoms with Gasteiger partial charge in [0.2, 0.25) is 5.91 Å². The van der Waals surface area contributed by atoms with Crippen molar-refractivity contribution in [3.63, 3.8) is 0 Å². The monoisotopic (exact) mass is 365 g/mol. The predicted octanol–water partition coefficient (Wildman–Crippen LogP) is 4.79. The van der Waals surface area contributed by atoms with Gasteiger partial charge in [0.15, 0.2) is 0 Å². The van der Waals surface area contributed by atoms with Crippen LogP contribution >= 0.6 is 23.4 Å². The lowest BCUT2D eigenvalue weighted by Gasteiger charge is -2.14. The number of carbonyl (C=O) groups is 1. The third-order valence-corrected chi connectivity index (χ3v) is 4.94. The molecule has 0 aliphatic rings. The van der Waals surface area contributed by atoms with E-state index >= 15 is 0 Å². The van der Waals surface area contributed by atoms with Gasteiger partial charge >= 0.3 is 0 Å². The Morgan fingerprint density at radius 3 is 2.50 bits per heavy atom. The topological polar surface area (TPSA) is 47.6 Å². The van der Waals surface area contributed by atoms with Crippen molar-refractivity contribution < 1.29 is 14.3 Å². The molecule has 0 saturated carbocycles. The van der Waals surface area contributed by atoms with Crippen LogP contribution in [0.5, 0.6) is 11.5 Å². The summed E-state index contributed by atoms with van der Waals surface area (Å²) in [6.45, 7) is 2.06. The van der Waals surface area contributed by atoms with Crippen LogP contribution in [0.15, 0.2) is 42.5 Å². The summed E-state index contributed by atoms with van der Waals surface area (Å²) in [5, 5.41) is 3.78. The van der Waals surface area contributed by atoms with Crippen LogP contribution in [0.3, 0.4) is 0 Å². The lowest BCUT2D eigenvalue weighted by molar-refractivity contribution is -0.113. The number of hydrogen-bond donors (Lipinski definition) is 1. The molecule has 0 saturated heterocycles. The zero-order valence-electron chi connectivity index (χ0n) is 13.8. The number of hydrogen-bond acceptors (Lipinski definition) is 4. The van der Waals surface area contributed by atoms with Gasteiger partial charge in [0.25, 0.3) is 0 Å². The van der Waals surface area contributed by atoms with Crippen molar-refractivity contribution in [1.82, 2.24) is 0 Å². The second kappa shape index (κ2) is 8.85. The lowest BCUT2D eigenvalue weighted by Crippen LogP contribution is -2.15. The molecule has 0 fully saturated rings. The van der Waals surface area contributed by atoms with Crippen molar-refractivity contribution >= 4 is 35.0 Å². The van der Waals surface area contributed by atoms with Gasteiger partial charge in [0.05, 0.1) is 25.7 Å². The van der Waals surface area contributed by atoms with Crippen LogP contribution in [0.2, 0.25) is 5.02 Å². The number of benzene rings is 2. The molecule has 0 heterocycles. The summed E-state index contributed by atoms with van der Waals surface area (Å²) in [6, 6.07) is 12.9. The van der Waals surface area contributed by atoms with Crippen molar-refractivity contribution in [2.45, 2.75) is 12.2 Å². The number of methoxy groups -OCH3 is 2. The molecule has 2 aromatic rings. The maximum Gasteiger partial charge on any atom is 0.234 e. The Morgan fingerprint density at radius 1 is 1.17 bits per heavy atom. The zero-order valence-corrected chi connectivity index (χ0v) is 15.4. The summed E-state index contributed by atoms with van der Waals surface area (Å²) >= 11 is 7.46. The summed E-state index contributed by atoms with van der Waals surface area (Å²) in [5.41, 5.74) is 1.77. The van der Waals surface area contributed by atoms with Crippen LogP contribution in [0, 0.1) is 0 Å². The molecule has 2 rings (SSSR count). The highest BCUT2D eigenvalue weighted by molar-refractivity contribution is 8.00. The summed E-state index contributed by atoms with van der Waals surface area (Å²) in [6.07, 6.45) is 0. The van der Waals surface area contributed by atoms with Gasteiger partial charge in [-0.25, -0.2) is 0 Å². The Balaban J connectivity index is 1.92. The third-order valence-electron chi connectivity index (χ3n) is 3.49. The van der Waals surface area contributed by atoms with Gasteiger partial charge in [-0.15, -0.1) is 11.8 Å². The van der Waals surface area contributed by atoms with Gasteiger partial charge in [-0.05, 0) is 36.8 Å². The van der Waals surface area contributed by atoms with E-state index in [9.17, 15) is 4.79 Å². The van der Waals surface area contributed by atoms with E-state index in [2.05, 4.69) is 12.2 Å². The van der Waals surface area contributed by atoms with Crippen molar-refractivity contribution in [1.29, 1.82) is 0 Å². The van der Waals surface area contributed by atoms with Crippen LogP contribution in [-0.2, 0) is 4.79 Å². The number of carbonyl (C=O) groups excluding carboxylic acids is 1. The Labute approximate surface area is 151 Å². The first-order valence-electron chi connectivity index (χ1n) is 7.42. The molecule has 4 nitrogen and oxygen atoms in total. The fourth-order valence-electron chi connectivity index (χ4n) is 2.12. The average molecular weight is 366 g/mol. The van der Waals surface area contributed by atoms with Crippen LogP contribution in [0.1, 0.15) is 17.7 Å². The Bertz CT molecular complexity index is 691. The van der Waals surface area contributed by atoms with Crippen molar-refractivity contribution in [2.24, 2.45) is 0 Å². The van der Waals surface area contributed by atoms with E-state index in [1.165, 1.54) is 0 Å². The fraction of sp³-hybridized carbons (Fsp3) is 0.278. The van der Waals surface area contributed by atoms with Crippen LogP contribution in [0.25, 0.3) is 0 Å². The molecule has 0 spiro atoms. The Morgan fingerprint density at radius 2 is 1.88 bits per heavy atom. The van der Waals surface area contributed by atoms with E-state index in [1.807, 2.05) is 24.3 Å². The zero-order chi connectivity index (χ0) is 17.5. The minimum atomic E-state index is -0.0794. The van der Waals surface area contributed by atoms with Gasteiger partial charge in [-0.2, -0.15) is 0 Å². The summed E-state index contributed by atoms with van der Waals surface area (Å²) in [7, 11) is 3.14. The molecule has 6 heteroatoms. The largest absolute Gasteiger partial charge is 0.497 e. The first-order valence-corrected chi connectivity index (χ1v) is 8.85. The average Bonchev–Trinajstić information content (AvgIpc) is 2.60. The van der Waals surface area contributed by atoms with Gasteiger partial charge in [0, 0.05) is 16.3 Å². The number of thioether (sulfide) groups is 1. The molecule has 0 radical (unpaired) electrons. The molecule has 1 atom stereocenters. The van der Waals surface area contributed by atoms with Crippen molar-refractivity contribution in [3.8, 4) is 11.5 Å². The Hall–Kier alpha value is -1.85. The number of nitrogens with one attached hydrogen (secondary N) is 1. The predicted molar refractivity (Wildman–Crippen MR) is 101 cm³/mol. The Kier molecular flexibility index (Phi) is 6.82. The molecule has 1 N–H and O–H groups in total. The fourth-order valence-corrected chi connectivity index (χ4v) is 3.07. The molecule has 128 valence electrons. The van der Waals surface area contributed by atoms with E-state index in [-0.39, 0.29) is 11.2 Å².